The molecule has 0 radical (unpaired) electrons. The van der Waals surface area contributed by atoms with Gasteiger partial charge in [0.2, 0.25) is 5.91 Å². The van der Waals surface area contributed by atoms with Crippen LogP contribution in [0.15, 0.2) is 0 Å². The van der Waals surface area contributed by atoms with Crippen LogP contribution in [0.2, 0.25) is 0 Å². The smallest absolute Gasteiger partial charge is 0.236 e. The van der Waals surface area contributed by atoms with Gasteiger partial charge in [0.15, 0.2) is 0 Å². The topological polar surface area (TPSA) is 40.6 Å². The second-order valence-electron chi connectivity index (χ2n) is 5.88. The number of nitrogens with zero attached hydrogens (tertiary/aromatic N) is 2. The van der Waals surface area contributed by atoms with Gasteiger partial charge >= 0.3 is 0 Å². The van der Waals surface area contributed by atoms with E-state index in [1.807, 2.05) is 4.90 Å². The molecule has 0 saturated carbocycles. The van der Waals surface area contributed by atoms with E-state index in [9.17, 15) is 9.59 Å². The Balaban J connectivity index is 1.84. The molecule has 4 nitrogen and oxygen atoms in total. The lowest BCUT2D eigenvalue weighted by Gasteiger charge is -2.37. The van der Waals surface area contributed by atoms with E-state index in [-0.39, 0.29) is 5.91 Å². The predicted molar refractivity (Wildman–Crippen MR) is 70.3 cm³/mol. The minimum Gasteiger partial charge on any atom is -0.341 e. The zero-order valence-electron chi connectivity index (χ0n) is 11.5. The molecule has 0 aromatic rings. The molecule has 0 aromatic carbocycles. The SMILES string of the molecule is CC1CCC(C)N(CC(=O)N2CCC(=O)CC2)C1. The van der Waals surface area contributed by atoms with E-state index < -0.39 is 0 Å². The Labute approximate surface area is 109 Å². The first-order valence-corrected chi connectivity index (χ1v) is 7.10. The summed E-state index contributed by atoms with van der Waals surface area (Å²) >= 11 is 0. The van der Waals surface area contributed by atoms with Gasteiger partial charge in [0.05, 0.1) is 6.54 Å². The number of Topliss-reactive ketones (excluding diaryl/α,β-unsaturated/α-hetero) is 1. The Morgan fingerprint density at radius 1 is 1.22 bits per heavy atom. The van der Waals surface area contributed by atoms with Crippen molar-refractivity contribution in [3.8, 4) is 0 Å². The summed E-state index contributed by atoms with van der Waals surface area (Å²) in [6, 6.07) is 0.511. The summed E-state index contributed by atoms with van der Waals surface area (Å²) in [4.78, 5) is 27.5. The first-order chi connectivity index (χ1) is 8.56. The normalized spacial score (nSPS) is 30.6. The highest BCUT2D eigenvalue weighted by atomic mass is 16.2. The van der Waals surface area contributed by atoms with Crippen LogP contribution < -0.4 is 0 Å². The van der Waals surface area contributed by atoms with Gasteiger partial charge in [-0.15, -0.1) is 0 Å². The molecule has 0 aromatic heterocycles. The van der Waals surface area contributed by atoms with Crippen LogP contribution in [-0.2, 0) is 9.59 Å². The second-order valence-corrected chi connectivity index (χ2v) is 5.88. The molecule has 0 N–H and O–H groups in total. The van der Waals surface area contributed by atoms with Crippen molar-refractivity contribution in [1.82, 2.24) is 9.80 Å². The molecule has 0 aliphatic carbocycles. The number of piperidine rings is 2. The largest absolute Gasteiger partial charge is 0.341 e. The highest BCUT2D eigenvalue weighted by Crippen LogP contribution is 2.21. The van der Waals surface area contributed by atoms with Crippen molar-refractivity contribution in [2.75, 3.05) is 26.2 Å². The predicted octanol–water partition coefficient (Wildman–Crippen LogP) is 1.30. The average molecular weight is 252 g/mol. The van der Waals surface area contributed by atoms with Gasteiger partial charge in [-0.3, -0.25) is 14.5 Å². The Morgan fingerprint density at radius 3 is 2.56 bits per heavy atom. The summed E-state index contributed by atoms with van der Waals surface area (Å²) in [6.07, 6.45) is 3.53. The number of ketones is 1. The van der Waals surface area contributed by atoms with Crippen LogP contribution in [0.3, 0.4) is 0 Å². The van der Waals surface area contributed by atoms with Crippen LogP contribution >= 0.6 is 0 Å². The summed E-state index contributed by atoms with van der Waals surface area (Å²) in [5.74, 6) is 1.18. The van der Waals surface area contributed by atoms with E-state index in [2.05, 4.69) is 18.7 Å². The zero-order valence-corrected chi connectivity index (χ0v) is 11.5. The van der Waals surface area contributed by atoms with Crippen molar-refractivity contribution in [1.29, 1.82) is 0 Å². The highest BCUT2D eigenvalue weighted by molar-refractivity contribution is 5.84. The van der Waals surface area contributed by atoms with Gasteiger partial charge in [-0.2, -0.15) is 0 Å². The number of carbonyl (C=O) groups excluding carboxylic acids is 2. The fourth-order valence-corrected chi connectivity index (χ4v) is 2.88. The molecule has 1 amide bonds. The van der Waals surface area contributed by atoms with Crippen LogP contribution in [-0.4, -0.2) is 53.7 Å². The van der Waals surface area contributed by atoms with Crippen LogP contribution in [0.4, 0.5) is 0 Å². The standard InChI is InChI=1S/C14H24N2O2/c1-11-3-4-12(2)16(9-11)10-14(18)15-7-5-13(17)6-8-15/h11-12H,3-10H2,1-2H3. The fraction of sp³-hybridized carbons (Fsp3) is 0.857. The first kappa shape index (κ1) is 13.5. The van der Waals surface area contributed by atoms with Gasteiger partial charge in [-0.1, -0.05) is 6.92 Å². The molecule has 102 valence electrons. The zero-order chi connectivity index (χ0) is 13.1. The summed E-state index contributed by atoms with van der Waals surface area (Å²) in [7, 11) is 0. The molecule has 2 fully saturated rings. The van der Waals surface area contributed by atoms with Crippen molar-refractivity contribution in [3.63, 3.8) is 0 Å². The average Bonchev–Trinajstić information content (AvgIpc) is 2.34. The molecule has 2 aliphatic rings. The van der Waals surface area contributed by atoms with Crippen LogP contribution in [0.5, 0.6) is 0 Å². The molecule has 2 heterocycles. The lowest BCUT2D eigenvalue weighted by molar-refractivity contribution is -0.136. The summed E-state index contributed by atoms with van der Waals surface area (Å²) in [6.45, 7) is 7.26. The number of carbonyl (C=O) groups is 2. The number of rotatable bonds is 2. The van der Waals surface area contributed by atoms with Gasteiger partial charge in [-0.05, 0) is 25.7 Å². The van der Waals surface area contributed by atoms with Crippen molar-refractivity contribution in [2.24, 2.45) is 5.92 Å². The van der Waals surface area contributed by atoms with E-state index in [1.165, 1.54) is 12.8 Å². The summed E-state index contributed by atoms with van der Waals surface area (Å²) in [5.41, 5.74) is 0. The quantitative estimate of drug-likeness (QED) is 0.744. The van der Waals surface area contributed by atoms with Crippen molar-refractivity contribution < 1.29 is 9.59 Å². The van der Waals surface area contributed by atoms with Crippen LogP contribution in [0, 0.1) is 5.92 Å². The minimum atomic E-state index is 0.198. The Morgan fingerprint density at radius 2 is 1.89 bits per heavy atom. The Kier molecular flexibility index (Phi) is 4.38. The molecular formula is C14H24N2O2. The van der Waals surface area contributed by atoms with Gasteiger partial charge in [0, 0.05) is 38.5 Å². The van der Waals surface area contributed by atoms with Gasteiger partial charge < -0.3 is 4.90 Å². The van der Waals surface area contributed by atoms with Crippen molar-refractivity contribution in [3.05, 3.63) is 0 Å². The van der Waals surface area contributed by atoms with E-state index in [0.717, 1.165) is 6.54 Å². The van der Waals surface area contributed by atoms with Crippen LogP contribution in [0.25, 0.3) is 0 Å². The van der Waals surface area contributed by atoms with E-state index >= 15 is 0 Å². The van der Waals surface area contributed by atoms with Crippen LogP contribution in [0.1, 0.15) is 39.5 Å². The van der Waals surface area contributed by atoms with E-state index in [0.29, 0.717) is 50.2 Å². The maximum Gasteiger partial charge on any atom is 0.236 e. The third kappa shape index (κ3) is 3.31. The number of likely N-dealkylation sites (tertiary alicyclic amines) is 2. The maximum atomic E-state index is 12.2. The molecule has 0 bridgehead atoms. The number of hydrogen-bond donors (Lipinski definition) is 0. The molecule has 0 spiro atoms. The van der Waals surface area contributed by atoms with E-state index in [4.69, 9.17) is 0 Å². The molecule has 2 atom stereocenters. The third-order valence-electron chi connectivity index (χ3n) is 4.26. The molecule has 2 unspecified atom stereocenters. The highest BCUT2D eigenvalue weighted by Gasteiger charge is 2.27. The fourth-order valence-electron chi connectivity index (χ4n) is 2.88. The van der Waals surface area contributed by atoms with Gasteiger partial charge in [0.1, 0.15) is 5.78 Å². The molecule has 2 aliphatic heterocycles. The molecule has 2 saturated heterocycles. The monoisotopic (exact) mass is 252 g/mol. The maximum absolute atomic E-state index is 12.2. The lowest BCUT2D eigenvalue weighted by atomic mass is 9.95. The van der Waals surface area contributed by atoms with Gasteiger partial charge in [0.25, 0.3) is 0 Å². The number of amides is 1. The molecule has 18 heavy (non-hydrogen) atoms. The van der Waals surface area contributed by atoms with Crippen molar-refractivity contribution in [2.45, 2.75) is 45.6 Å². The molecule has 2 rings (SSSR count). The van der Waals surface area contributed by atoms with E-state index in [1.54, 1.807) is 0 Å². The minimum absolute atomic E-state index is 0.198. The molecular weight excluding hydrogens is 228 g/mol. The summed E-state index contributed by atoms with van der Waals surface area (Å²) in [5, 5.41) is 0. The lowest BCUT2D eigenvalue weighted by Crippen LogP contribution is -2.49. The summed E-state index contributed by atoms with van der Waals surface area (Å²) < 4.78 is 0. The third-order valence-corrected chi connectivity index (χ3v) is 4.26. The Hall–Kier alpha value is -0.900. The molecule has 4 heteroatoms. The Bertz CT molecular complexity index is 320. The van der Waals surface area contributed by atoms with Crippen molar-refractivity contribution >= 4 is 11.7 Å². The first-order valence-electron chi connectivity index (χ1n) is 7.10. The number of hydrogen-bond acceptors (Lipinski definition) is 3. The second kappa shape index (κ2) is 5.83. The van der Waals surface area contributed by atoms with Gasteiger partial charge in [-0.25, -0.2) is 0 Å².